The first-order chi connectivity index (χ1) is 7.79. The number of rotatable bonds is 4. The van der Waals surface area contributed by atoms with E-state index in [9.17, 15) is 0 Å². The first-order valence-electron chi connectivity index (χ1n) is 6.48. The van der Waals surface area contributed by atoms with E-state index < -0.39 is 0 Å². The van der Waals surface area contributed by atoms with Crippen molar-refractivity contribution >= 4 is 0 Å². The Hall–Kier alpha value is -0.760. The topological polar surface area (TPSA) is 25.2 Å². The van der Waals surface area contributed by atoms with Crippen LogP contribution in [0.4, 0.5) is 0 Å². The van der Waals surface area contributed by atoms with Gasteiger partial charge in [-0.2, -0.15) is 0 Å². The summed E-state index contributed by atoms with van der Waals surface area (Å²) in [5.74, 6) is 1.78. The average molecular weight is 221 g/mol. The molecule has 1 aliphatic carbocycles. The molecular weight excluding hydrogens is 198 g/mol. The normalized spacial score (nSPS) is 27.9. The van der Waals surface area contributed by atoms with Crippen LogP contribution in [0.5, 0.6) is 0 Å². The van der Waals surface area contributed by atoms with Gasteiger partial charge in [-0.15, -0.1) is 0 Å². The Bertz CT molecular complexity index is 286. The van der Waals surface area contributed by atoms with Gasteiger partial charge in [0.1, 0.15) is 0 Å². The van der Waals surface area contributed by atoms with Crippen molar-refractivity contribution in [2.24, 2.45) is 11.8 Å². The predicted octanol–water partition coefficient (Wildman–Crippen LogP) is 3.24. The molecule has 90 valence electrons. The zero-order chi connectivity index (χ0) is 11.4. The van der Waals surface area contributed by atoms with E-state index >= 15 is 0 Å². The maximum absolute atomic E-state index is 5.14. The van der Waals surface area contributed by atoms with Crippen molar-refractivity contribution in [2.75, 3.05) is 7.05 Å². The van der Waals surface area contributed by atoms with E-state index in [-0.39, 0.29) is 0 Å². The van der Waals surface area contributed by atoms with Crippen molar-refractivity contribution in [3.05, 3.63) is 24.2 Å². The van der Waals surface area contributed by atoms with Crippen LogP contribution in [0.3, 0.4) is 0 Å². The van der Waals surface area contributed by atoms with E-state index in [4.69, 9.17) is 4.42 Å². The van der Waals surface area contributed by atoms with Crippen molar-refractivity contribution < 1.29 is 4.42 Å². The molecule has 0 amide bonds. The smallest absolute Gasteiger partial charge is 0.0935 e. The molecule has 1 fully saturated rings. The van der Waals surface area contributed by atoms with Crippen LogP contribution in [0.15, 0.2) is 23.0 Å². The van der Waals surface area contributed by atoms with Crippen LogP contribution in [0.2, 0.25) is 0 Å². The van der Waals surface area contributed by atoms with Gasteiger partial charge in [0.25, 0.3) is 0 Å². The first-order valence-corrected chi connectivity index (χ1v) is 6.48. The molecule has 2 heteroatoms. The van der Waals surface area contributed by atoms with Gasteiger partial charge in [-0.3, -0.25) is 0 Å². The van der Waals surface area contributed by atoms with E-state index in [2.05, 4.69) is 25.4 Å². The first kappa shape index (κ1) is 11.7. The maximum Gasteiger partial charge on any atom is 0.0935 e. The molecule has 1 aromatic rings. The number of furan rings is 1. The van der Waals surface area contributed by atoms with Crippen molar-refractivity contribution in [2.45, 2.75) is 45.1 Å². The Morgan fingerprint density at radius 3 is 2.69 bits per heavy atom. The summed E-state index contributed by atoms with van der Waals surface area (Å²) in [6, 6.07) is 2.69. The minimum Gasteiger partial charge on any atom is -0.472 e. The highest BCUT2D eigenvalue weighted by Crippen LogP contribution is 2.31. The SMILES string of the molecule is CNC(Cc1ccoc1)C1CCC(C)CC1. The summed E-state index contributed by atoms with van der Waals surface area (Å²) in [6.45, 7) is 2.38. The fraction of sp³-hybridized carbons (Fsp3) is 0.714. The monoisotopic (exact) mass is 221 g/mol. The van der Waals surface area contributed by atoms with E-state index in [1.165, 1.54) is 31.2 Å². The second kappa shape index (κ2) is 5.53. The fourth-order valence-corrected chi connectivity index (χ4v) is 2.86. The van der Waals surface area contributed by atoms with Crippen LogP contribution in [0.25, 0.3) is 0 Å². The van der Waals surface area contributed by atoms with Crippen molar-refractivity contribution in [1.82, 2.24) is 5.32 Å². The van der Waals surface area contributed by atoms with Crippen LogP contribution in [0.1, 0.15) is 38.2 Å². The van der Waals surface area contributed by atoms with Crippen LogP contribution in [-0.4, -0.2) is 13.1 Å². The lowest BCUT2D eigenvalue weighted by Gasteiger charge is -2.32. The Morgan fingerprint density at radius 1 is 1.38 bits per heavy atom. The van der Waals surface area contributed by atoms with Crippen LogP contribution >= 0.6 is 0 Å². The van der Waals surface area contributed by atoms with Crippen molar-refractivity contribution in [3.63, 3.8) is 0 Å². The van der Waals surface area contributed by atoms with Gasteiger partial charge in [-0.05, 0) is 49.8 Å². The third-order valence-corrected chi connectivity index (χ3v) is 4.04. The standard InChI is InChI=1S/C14H23NO/c1-11-3-5-13(6-4-11)14(15-2)9-12-7-8-16-10-12/h7-8,10-11,13-15H,3-6,9H2,1-2H3. The third kappa shape index (κ3) is 2.88. The van der Waals surface area contributed by atoms with Gasteiger partial charge in [-0.25, -0.2) is 0 Å². The summed E-state index contributed by atoms with van der Waals surface area (Å²) < 4.78 is 5.14. The molecule has 0 saturated heterocycles. The van der Waals surface area contributed by atoms with Gasteiger partial charge in [0.2, 0.25) is 0 Å². The highest BCUT2D eigenvalue weighted by Gasteiger charge is 2.25. The Balaban J connectivity index is 1.89. The lowest BCUT2D eigenvalue weighted by Crippen LogP contribution is -2.37. The van der Waals surface area contributed by atoms with Gasteiger partial charge < -0.3 is 9.73 Å². The largest absolute Gasteiger partial charge is 0.472 e. The van der Waals surface area contributed by atoms with E-state index in [1.807, 2.05) is 6.26 Å². The average Bonchev–Trinajstić information content (AvgIpc) is 2.80. The molecule has 0 bridgehead atoms. The molecule has 2 rings (SSSR count). The summed E-state index contributed by atoms with van der Waals surface area (Å²) in [6.07, 6.45) is 10.3. The molecule has 2 nitrogen and oxygen atoms in total. The molecule has 0 radical (unpaired) electrons. The number of nitrogens with one attached hydrogen (secondary N) is 1. The van der Waals surface area contributed by atoms with E-state index in [0.717, 1.165) is 18.3 Å². The van der Waals surface area contributed by atoms with E-state index in [0.29, 0.717) is 6.04 Å². The quantitative estimate of drug-likeness (QED) is 0.844. The summed E-state index contributed by atoms with van der Waals surface area (Å²) in [5, 5.41) is 3.48. The lowest BCUT2D eigenvalue weighted by atomic mass is 9.78. The van der Waals surface area contributed by atoms with Gasteiger partial charge in [0.05, 0.1) is 12.5 Å². The number of hydrogen-bond donors (Lipinski definition) is 1. The molecule has 1 aliphatic rings. The fourth-order valence-electron chi connectivity index (χ4n) is 2.86. The molecule has 0 spiro atoms. The molecule has 1 atom stereocenters. The zero-order valence-corrected chi connectivity index (χ0v) is 10.4. The molecule has 1 saturated carbocycles. The van der Waals surface area contributed by atoms with Crippen molar-refractivity contribution in [3.8, 4) is 0 Å². The highest BCUT2D eigenvalue weighted by molar-refractivity contribution is 5.08. The highest BCUT2D eigenvalue weighted by atomic mass is 16.3. The van der Waals surface area contributed by atoms with Crippen LogP contribution in [0, 0.1) is 11.8 Å². The second-order valence-corrected chi connectivity index (χ2v) is 5.25. The minimum absolute atomic E-state index is 0.616. The van der Waals surface area contributed by atoms with E-state index in [1.54, 1.807) is 6.26 Å². The third-order valence-electron chi connectivity index (χ3n) is 4.04. The molecule has 0 aromatic carbocycles. The maximum atomic E-state index is 5.14. The Kier molecular flexibility index (Phi) is 4.05. The molecule has 1 heterocycles. The molecule has 1 N–H and O–H groups in total. The van der Waals surface area contributed by atoms with Gasteiger partial charge in [0, 0.05) is 6.04 Å². The summed E-state index contributed by atoms with van der Waals surface area (Å²) in [5.41, 5.74) is 1.32. The van der Waals surface area contributed by atoms with Gasteiger partial charge >= 0.3 is 0 Å². The Morgan fingerprint density at radius 2 is 2.12 bits per heavy atom. The molecule has 16 heavy (non-hydrogen) atoms. The summed E-state index contributed by atoms with van der Waals surface area (Å²) >= 11 is 0. The Labute approximate surface area is 98.4 Å². The summed E-state index contributed by atoms with van der Waals surface area (Å²) in [7, 11) is 2.09. The molecule has 1 aromatic heterocycles. The second-order valence-electron chi connectivity index (χ2n) is 5.25. The summed E-state index contributed by atoms with van der Waals surface area (Å²) in [4.78, 5) is 0. The van der Waals surface area contributed by atoms with Gasteiger partial charge in [0.15, 0.2) is 0 Å². The van der Waals surface area contributed by atoms with Gasteiger partial charge in [-0.1, -0.05) is 19.8 Å². The van der Waals surface area contributed by atoms with Crippen LogP contribution < -0.4 is 5.32 Å². The zero-order valence-electron chi connectivity index (χ0n) is 10.4. The molecular formula is C14H23NO. The predicted molar refractivity (Wildman–Crippen MR) is 66.4 cm³/mol. The number of hydrogen-bond acceptors (Lipinski definition) is 2. The minimum atomic E-state index is 0.616. The lowest BCUT2D eigenvalue weighted by molar-refractivity contribution is 0.235. The molecule has 0 aliphatic heterocycles. The molecule has 1 unspecified atom stereocenters. The van der Waals surface area contributed by atoms with Crippen molar-refractivity contribution in [1.29, 1.82) is 0 Å². The van der Waals surface area contributed by atoms with Crippen LogP contribution in [-0.2, 0) is 6.42 Å². The number of likely N-dealkylation sites (N-methyl/N-ethyl adjacent to an activating group) is 1.